The van der Waals surface area contributed by atoms with E-state index in [2.05, 4.69) is 104 Å². The number of nitrogens with zero attached hydrogens (tertiary/aromatic N) is 1. The second-order valence-electron chi connectivity index (χ2n) is 13.9. The molecule has 0 aliphatic rings. The van der Waals surface area contributed by atoms with Crippen LogP contribution in [0.5, 0.6) is 11.5 Å². The van der Waals surface area contributed by atoms with E-state index < -0.39 is 7.32 Å². The quantitative estimate of drug-likeness (QED) is 0.101. The third kappa shape index (κ3) is 8.08. The van der Waals surface area contributed by atoms with Crippen molar-refractivity contribution in [1.82, 2.24) is 0 Å². The van der Waals surface area contributed by atoms with Crippen LogP contribution in [0.3, 0.4) is 0 Å². The van der Waals surface area contributed by atoms with Gasteiger partial charge in [0.15, 0.2) is 0 Å². The van der Waals surface area contributed by atoms with E-state index in [4.69, 9.17) is 9.31 Å². The normalized spacial score (nSPS) is 11.4. The van der Waals surface area contributed by atoms with Gasteiger partial charge in [-0.05, 0) is 127 Å². The Labute approximate surface area is 271 Å². The Kier molecular flexibility index (Phi) is 10.7. The van der Waals surface area contributed by atoms with E-state index in [0.29, 0.717) is 11.5 Å². The maximum absolute atomic E-state index is 13.2. The highest BCUT2D eigenvalue weighted by atomic mass is 16.7. The van der Waals surface area contributed by atoms with Crippen LogP contribution >= 0.6 is 0 Å². The fraction of sp³-hybridized carbons (Fsp3) is 0.350. The lowest BCUT2D eigenvalue weighted by molar-refractivity contribution is -0.849. The number of unbranched alkanes of at least 4 members (excludes halogenated alkanes) is 1. The summed E-state index contributed by atoms with van der Waals surface area (Å²) in [7, 11) is 6.82. The van der Waals surface area contributed by atoms with Gasteiger partial charge in [0.2, 0.25) is 0 Å². The Balaban J connectivity index is 0.000000854. The van der Waals surface area contributed by atoms with Gasteiger partial charge < -0.3 is 18.8 Å². The van der Waals surface area contributed by atoms with Crippen molar-refractivity contribution in [3.63, 3.8) is 0 Å². The summed E-state index contributed by atoms with van der Waals surface area (Å²) in [6.45, 7) is 14.4. The van der Waals surface area contributed by atoms with Crippen molar-refractivity contribution in [2.24, 2.45) is 0 Å². The van der Waals surface area contributed by atoms with Gasteiger partial charge in [-0.15, -0.1) is 0 Å². The molecule has 236 valence electrons. The number of hydrogen-bond acceptors (Lipinski definition) is 3. The van der Waals surface area contributed by atoms with Crippen molar-refractivity contribution in [3.05, 3.63) is 106 Å². The zero-order valence-corrected chi connectivity index (χ0v) is 29.2. The molecular weight excluding hydrogens is 553 g/mol. The first-order chi connectivity index (χ1) is 21.2. The largest absolute Gasteiger partial charge is 0.808 e. The van der Waals surface area contributed by atoms with Crippen LogP contribution in [0.4, 0.5) is 0 Å². The van der Waals surface area contributed by atoms with Crippen LogP contribution < -0.4 is 14.3 Å². The van der Waals surface area contributed by atoms with Gasteiger partial charge in [0, 0.05) is 0 Å². The first-order valence-electron chi connectivity index (χ1n) is 16.1. The second-order valence-corrected chi connectivity index (χ2v) is 13.9. The van der Waals surface area contributed by atoms with E-state index in [9.17, 15) is 5.02 Å². The van der Waals surface area contributed by atoms with Crippen LogP contribution in [-0.2, 0) is 6.42 Å². The van der Waals surface area contributed by atoms with Crippen molar-refractivity contribution in [1.29, 1.82) is 0 Å². The summed E-state index contributed by atoms with van der Waals surface area (Å²) in [5.74, 6) is 1.18. The number of benzene rings is 5. The van der Waals surface area contributed by atoms with Gasteiger partial charge in [0.25, 0.3) is 0 Å². The number of hydrogen-bond donors (Lipinski definition) is 0. The molecule has 0 aromatic heterocycles. The van der Waals surface area contributed by atoms with E-state index in [1.54, 1.807) is 0 Å². The number of rotatable bonds is 8. The fourth-order valence-electron chi connectivity index (χ4n) is 6.32. The highest BCUT2D eigenvalue weighted by Crippen LogP contribution is 2.42. The van der Waals surface area contributed by atoms with Crippen LogP contribution in [0.25, 0.3) is 32.7 Å². The maximum atomic E-state index is 13.2. The van der Waals surface area contributed by atoms with E-state index in [1.807, 2.05) is 39.8 Å². The van der Waals surface area contributed by atoms with Gasteiger partial charge in [-0.25, -0.2) is 0 Å². The van der Waals surface area contributed by atoms with E-state index in [-0.39, 0.29) is 0 Å². The molecule has 0 radical (unpaired) electrons. The van der Waals surface area contributed by atoms with Gasteiger partial charge in [-0.2, -0.15) is 0 Å². The molecule has 0 saturated heterocycles. The molecule has 5 aromatic carbocycles. The minimum atomic E-state index is -1.68. The minimum absolute atomic E-state index is 0.589. The predicted molar refractivity (Wildman–Crippen MR) is 191 cm³/mol. The molecule has 0 fully saturated rings. The molecule has 0 amide bonds. The molecule has 45 heavy (non-hydrogen) atoms. The van der Waals surface area contributed by atoms with Gasteiger partial charge >= 0.3 is 7.32 Å². The Bertz CT molecular complexity index is 1790. The van der Waals surface area contributed by atoms with Crippen LogP contribution in [-0.4, -0.2) is 40.0 Å². The van der Waals surface area contributed by atoms with Gasteiger partial charge in [0.05, 0.1) is 28.2 Å². The molecule has 0 unspecified atom stereocenters. The highest BCUT2D eigenvalue weighted by Gasteiger charge is 2.20. The summed E-state index contributed by atoms with van der Waals surface area (Å²) in [5, 5.41) is 18.2. The molecule has 5 heteroatoms. The summed E-state index contributed by atoms with van der Waals surface area (Å²) < 4.78 is 12.9. The summed E-state index contributed by atoms with van der Waals surface area (Å²) in [6.07, 6.45) is 3.37. The summed E-state index contributed by atoms with van der Waals surface area (Å²) in [4.78, 5) is 0. The molecule has 0 atom stereocenters. The standard InChI is InChI=1S/C36H38BO3.C4H12N/c1-8-9-13-28-14-12-17-30-29-15-10-11-16-31(29)33(21-32(28)30)34-23(3)20-26(6)36(27(34)7)40-37(38)39-35-24(4)18-22(2)19-25(35)5;1-5(2,3)4/h10-12,14-21H,8-9,13H2,1-7H3;1-4H3/q-1;+1. The van der Waals surface area contributed by atoms with Crippen LogP contribution in [0.1, 0.15) is 58.7 Å². The molecule has 5 rings (SSSR count). The topological polar surface area (TPSA) is 41.5 Å². The number of aryl methyl sites for hydroxylation is 6. The average molecular weight is 604 g/mol. The Morgan fingerprint density at radius 3 is 1.80 bits per heavy atom. The average Bonchev–Trinajstić information content (AvgIpc) is 2.95. The van der Waals surface area contributed by atoms with Crippen LogP contribution in [0, 0.1) is 41.5 Å². The first-order valence-corrected chi connectivity index (χ1v) is 16.1. The molecular formula is C40H50BNO3. The van der Waals surface area contributed by atoms with Crippen LogP contribution in [0.2, 0.25) is 0 Å². The Hall–Kier alpha value is -3.80. The smallest absolute Gasteiger partial charge is 0.492 e. The number of quaternary nitrogens is 1. The van der Waals surface area contributed by atoms with Crippen LogP contribution in [0.15, 0.2) is 66.7 Å². The lowest BCUT2D eigenvalue weighted by atomic mass is 9.86. The zero-order chi connectivity index (χ0) is 33.1. The monoisotopic (exact) mass is 603 g/mol. The Morgan fingerprint density at radius 2 is 1.18 bits per heavy atom. The van der Waals surface area contributed by atoms with Crippen molar-refractivity contribution >= 4 is 28.9 Å². The molecule has 0 aliphatic carbocycles. The van der Waals surface area contributed by atoms with Crippen molar-refractivity contribution in [2.45, 2.75) is 67.7 Å². The summed E-state index contributed by atoms with van der Waals surface area (Å²) in [5.41, 5.74) is 9.70. The Morgan fingerprint density at radius 1 is 0.644 bits per heavy atom. The third-order valence-electron chi connectivity index (χ3n) is 8.00. The lowest BCUT2D eigenvalue weighted by Gasteiger charge is -2.27. The maximum Gasteiger partial charge on any atom is 0.492 e. The van der Waals surface area contributed by atoms with Gasteiger partial charge in [-0.1, -0.05) is 79.6 Å². The molecule has 0 N–H and O–H groups in total. The summed E-state index contributed by atoms with van der Waals surface area (Å²) in [6, 6.07) is 23.8. The SMILES string of the molecule is CCCCc1cccc2c1cc(-c1c(C)cc(C)c(OB([O-])Oc3c(C)cc(C)cc3C)c1C)c1ccccc12.C[N+](C)(C)C. The first kappa shape index (κ1) is 34.1. The van der Waals surface area contributed by atoms with Gasteiger partial charge in [0.1, 0.15) is 11.5 Å². The van der Waals surface area contributed by atoms with E-state index in [0.717, 1.165) is 62.7 Å². The molecule has 0 aliphatic heterocycles. The van der Waals surface area contributed by atoms with Crippen molar-refractivity contribution in [2.75, 3.05) is 28.2 Å². The molecule has 0 saturated carbocycles. The minimum Gasteiger partial charge on any atom is -0.808 e. The molecule has 0 heterocycles. The van der Waals surface area contributed by atoms with Gasteiger partial charge in [-0.3, -0.25) is 0 Å². The van der Waals surface area contributed by atoms with E-state index >= 15 is 0 Å². The second kappa shape index (κ2) is 14.1. The predicted octanol–water partition coefficient (Wildman–Crippen LogP) is 8.98. The fourth-order valence-corrected chi connectivity index (χ4v) is 6.32. The third-order valence-corrected chi connectivity index (χ3v) is 8.00. The number of fused-ring (bicyclic) bond motifs is 3. The highest BCUT2D eigenvalue weighted by molar-refractivity contribution is 6.35. The summed E-state index contributed by atoms with van der Waals surface area (Å²) >= 11 is 0. The molecule has 0 bridgehead atoms. The lowest BCUT2D eigenvalue weighted by Crippen LogP contribution is -2.44. The molecule has 4 nitrogen and oxygen atoms in total. The van der Waals surface area contributed by atoms with Crippen molar-refractivity contribution < 1.29 is 18.8 Å². The zero-order valence-electron chi connectivity index (χ0n) is 29.2. The van der Waals surface area contributed by atoms with Crippen molar-refractivity contribution in [3.8, 4) is 22.6 Å². The van der Waals surface area contributed by atoms with E-state index in [1.165, 1.54) is 32.7 Å². The molecule has 5 aromatic rings. The molecule has 0 spiro atoms.